The number of hydrogen-bond acceptors (Lipinski definition) is 5. The van der Waals surface area contributed by atoms with Crippen molar-refractivity contribution >= 4 is 11.7 Å². The number of rotatable bonds is 5. The lowest BCUT2D eigenvalue weighted by Gasteiger charge is -2.62. The number of nitrogens with one attached hydrogen (secondary N) is 2. The zero-order valence-corrected chi connectivity index (χ0v) is 23.6. The van der Waals surface area contributed by atoms with Crippen molar-refractivity contribution in [2.75, 3.05) is 6.54 Å². The molecule has 6 heteroatoms. The van der Waals surface area contributed by atoms with Crippen molar-refractivity contribution in [3.63, 3.8) is 0 Å². The zero-order valence-electron chi connectivity index (χ0n) is 23.6. The maximum atomic E-state index is 13.8. The van der Waals surface area contributed by atoms with Gasteiger partial charge < -0.3 is 20.8 Å². The number of hydrogen-bond donors (Lipinski definition) is 4. The van der Waals surface area contributed by atoms with Gasteiger partial charge in [0.25, 0.3) is 5.91 Å². The molecule has 0 aromatic heterocycles. The first kappa shape index (κ1) is 27.4. The van der Waals surface area contributed by atoms with Gasteiger partial charge in [-0.25, -0.2) is 0 Å². The van der Waals surface area contributed by atoms with E-state index in [9.17, 15) is 19.8 Å². The third kappa shape index (κ3) is 4.69. The maximum absolute atomic E-state index is 13.8. The summed E-state index contributed by atoms with van der Waals surface area (Å²) in [4.78, 5) is 27.1. The maximum Gasteiger partial charge on any atom is 0.255 e. The lowest BCUT2D eigenvalue weighted by atomic mass is 9.44. The predicted molar refractivity (Wildman–Crippen MR) is 158 cm³/mol. The molecule has 6 unspecified atom stereocenters. The minimum atomic E-state index is -1.49. The first-order chi connectivity index (χ1) is 19.6. The van der Waals surface area contributed by atoms with Crippen LogP contribution in [0.5, 0.6) is 0 Å². The van der Waals surface area contributed by atoms with E-state index in [0.29, 0.717) is 24.0 Å². The predicted octanol–water partition coefficient (Wildman–Crippen LogP) is 4.47. The molecular formula is C35H38N2O4. The molecule has 1 heterocycles. The molecule has 0 bridgehead atoms. The Hall–Kier alpha value is -3.74. The van der Waals surface area contributed by atoms with Crippen LogP contribution in [0.15, 0.2) is 108 Å². The SMILES string of the molecule is CC1=C(NC(=O)C2=CC3C(=O)CC4CC(O)(c5ccccc5)C(C)(O)CC4(Cc4ccccc4)C3C=C2)C=CCN1. The molecule has 4 aliphatic rings. The molecular weight excluding hydrogens is 512 g/mol. The summed E-state index contributed by atoms with van der Waals surface area (Å²) in [5.74, 6) is -1.01. The van der Waals surface area contributed by atoms with Crippen LogP contribution in [0.2, 0.25) is 0 Å². The largest absolute Gasteiger partial charge is 0.387 e. The van der Waals surface area contributed by atoms with Crippen LogP contribution >= 0.6 is 0 Å². The van der Waals surface area contributed by atoms with Crippen LogP contribution in [0.3, 0.4) is 0 Å². The van der Waals surface area contributed by atoms with E-state index in [1.807, 2.05) is 85.8 Å². The molecule has 2 aromatic rings. The number of dihydropyridines is 1. The molecule has 6 nitrogen and oxygen atoms in total. The summed E-state index contributed by atoms with van der Waals surface area (Å²) in [7, 11) is 0. The van der Waals surface area contributed by atoms with Crippen molar-refractivity contribution in [2.24, 2.45) is 23.2 Å². The van der Waals surface area contributed by atoms with Gasteiger partial charge >= 0.3 is 0 Å². The van der Waals surface area contributed by atoms with Crippen LogP contribution in [-0.4, -0.2) is 34.0 Å². The Kier molecular flexibility index (Phi) is 6.87. The van der Waals surface area contributed by atoms with Gasteiger partial charge in [-0.2, -0.15) is 0 Å². The van der Waals surface area contributed by atoms with E-state index in [2.05, 4.69) is 22.8 Å². The normalized spacial score (nSPS) is 34.3. The fourth-order valence-corrected chi connectivity index (χ4v) is 7.81. The molecule has 1 aliphatic heterocycles. The van der Waals surface area contributed by atoms with Gasteiger partial charge in [-0.05, 0) is 67.6 Å². The Morgan fingerprint density at radius 2 is 1.76 bits per heavy atom. The summed E-state index contributed by atoms with van der Waals surface area (Å²) in [6.45, 7) is 4.38. The summed E-state index contributed by atoms with van der Waals surface area (Å²) in [5, 5.41) is 30.4. The average Bonchev–Trinajstić information content (AvgIpc) is 2.97. The van der Waals surface area contributed by atoms with E-state index in [1.54, 1.807) is 6.92 Å². The number of allylic oxidation sites excluding steroid dienone is 4. The van der Waals surface area contributed by atoms with Crippen molar-refractivity contribution in [1.29, 1.82) is 0 Å². The number of fused-ring (bicyclic) bond motifs is 3. The highest BCUT2D eigenvalue weighted by Crippen LogP contribution is 2.63. The van der Waals surface area contributed by atoms with E-state index in [-0.39, 0.29) is 36.4 Å². The smallest absolute Gasteiger partial charge is 0.255 e. The molecule has 2 aromatic carbocycles. The van der Waals surface area contributed by atoms with Gasteiger partial charge in [0.2, 0.25) is 0 Å². The monoisotopic (exact) mass is 550 g/mol. The zero-order chi connectivity index (χ0) is 28.8. The van der Waals surface area contributed by atoms with Crippen LogP contribution in [0.25, 0.3) is 0 Å². The number of aliphatic hydroxyl groups is 2. The highest BCUT2D eigenvalue weighted by atomic mass is 16.4. The van der Waals surface area contributed by atoms with Gasteiger partial charge in [0.15, 0.2) is 0 Å². The van der Waals surface area contributed by atoms with E-state index < -0.39 is 22.5 Å². The van der Waals surface area contributed by atoms with Crippen molar-refractivity contribution in [1.82, 2.24) is 10.6 Å². The molecule has 6 atom stereocenters. The minimum Gasteiger partial charge on any atom is -0.387 e. The number of carbonyl (C=O) groups is 2. The fraction of sp³-hybridized carbons (Fsp3) is 0.371. The van der Waals surface area contributed by atoms with Crippen LogP contribution in [-0.2, 0) is 21.6 Å². The second kappa shape index (κ2) is 10.3. The van der Waals surface area contributed by atoms with Crippen molar-refractivity contribution in [3.05, 3.63) is 119 Å². The van der Waals surface area contributed by atoms with E-state index in [0.717, 1.165) is 23.5 Å². The van der Waals surface area contributed by atoms with Crippen molar-refractivity contribution in [3.8, 4) is 0 Å². The van der Waals surface area contributed by atoms with Crippen molar-refractivity contribution in [2.45, 2.75) is 50.7 Å². The van der Waals surface area contributed by atoms with E-state index >= 15 is 0 Å². The molecule has 0 spiro atoms. The number of carbonyl (C=O) groups excluding carboxylic acids is 2. The van der Waals surface area contributed by atoms with Crippen LogP contribution in [0.4, 0.5) is 0 Å². The quantitative estimate of drug-likeness (QED) is 0.440. The highest BCUT2D eigenvalue weighted by Gasteiger charge is 2.65. The Labute approximate surface area is 241 Å². The Bertz CT molecular complexity index is 1470. The topological polar surface area (TPSA) is 98.7 Å². The highest BCUT2D eigenvalue weighted by molar-refractivity contribution is 5.99. The number of ketones is 1. The summed E-state index contributed by atoms with van der Waals surface area (Å²) < 4.78 is 0. The van der Waals surface area contributed by atoms with Crippen LogP contribution < -0.4 is 10.6 Å². The molecule has 1 amide bonds. The van der Waals surface area contributed by atoms with Gasteiger partial charge in [0, 0.05) is 30.2 Å². The summed E-state index contributed by atoms with van der Waals surface area (Å²) in [6.07, 6.45) is 11.1. The summed E-state index contributed by atoms with van der Waals surface area (Å²) in [6, 6.07) is 19.5. The molecule has 0 saturated heterocycles. The van der Waals surface area contributed by atoms with E-state index in [1.165, 1.54) is 0 Å². The molecule has 3 aliphatic carbocycles. The third-order valence-electron chi connectivity index (χ3n) is 9.94. The molecule has 6 rings (SSSR count). The van der Waals surface area contributed by atoms with Crippen molar-refractivity contribution < 1.29 is 19.8 Å². The standard InChI is InChI=1S/C35H38N2O4/c1-23-30(14-9-17-36-23)37-32(39)25-15-16-29-28(18-25)31(38)19-27-21-35(41,26-12-7-4-8-13-26)33(2,40)22-34(27,29)20-24-10-5-3-6-11-24/h3-16,18,27-29,36,40-41H,17,19-22H2,1-2H3,(H,37,39). The minimum absolute atomic E-state index is 0.0740. The summed E-state index contributed by atoms with van der Waals surface area (Å²) in [5.41, 5.74) is 0.463. The summed E-state index contributed by atoms with van der Waals surface area (Å²) >= 11 is 0. The van der Waals surface area contributed by atoms with Crippen LogP contribution in [0.1, 0.15) is 44.2 Å². The van der Waals surface area contributed by atoms with Gasteiger partial charge in [0.05, 0.1) is 11.3 Å². The van der Waals surface area contributed by atoms with Gasteiger partial charge in [-0.3, -0.25) is 9.59 Å². The Balaban J connectivity index is 1.38. The van der Waals surface area contributed by atoms with E-state index in [4.69, 9.17) is 0 Å². The molecule has 2 fully saturated rings. The molecule has 2 saturated carbocycles. The molecule has 0 radical (unpaired) electrons. The van der Waals surface area contributed by atoms with Gasteiger partial charge in [0.1, 0.15) is 11.4 Å². The number of benzene rings is 2. The molecule has 212 valence electrons. The van der Waals surface area contributed by atoms with Crippen LogP contribution in [0, 0.1) is 23.2 Å². The molecule has 4 N–H and O–H groups in total. The number of Topliss-reactive ketones (excluding diaryl/α,β-unsaturated/α-hetero) is 1. The first-order valence-corrected chi connectivity index (χ1v) is 14.5. The third-order valence-corrected chi connectivity index (χ3v) is 9.94. The second-order valence-corrected chi connectivity index (χ2v) is 12.5. The van der Waals surface area contributed by atoms with Gasteiger partial charge in [-0.1, -0.05) is 85.0 Å². The number of amides is 1. The first-order valence-electron chi connectivity index (χ1n) is 14.5. The Morgan fingerprint density at radius 1 is 1.05 bits per heavy atom. The fourth-order valence-electron chi connectivity index (χ4n) is 7.81. The van der Waals surface area contributed by atoms with Gasteiger partial charge in [-0.15, -0.1) is 0 Å². The Morgan fingerprint density at radius 3 is 2.46 bits per heavy atom. The lowest BCUT2D eigenvalue weighted by molar-refractivity contribution is -0.231. The average molecular weight is 551 g/mol. The lowest BCUT2D eigenvalue weighted by Crippen LogP contribution is -2.64. The second-order valence-electron chi connectivity index (χ2n) is 12.5. The molecule has 41 heavy (non-hydrogen) atoms.